The number of hydrogen-bond donors (Lipinski definition) is 0. The van der Waals surface area contributed by atoms with Crippen LogP contribution in [0.2, 0.25) is 0 Å². The Bertz CT molecular complexity index is 850. The van der Waals surface area contributed by atoms with Gasteiger partial charge in [0.25, 0.3) is 5.69 Å². The summed E-state index contributed by atoms with van der Waals surface area (Å²) in [6, 6.07) is 9.60. The molecular formula is C19H20N2O4. The number of nitrogens with zero attached hydrogens (tertiary/aromatic N) is 2. The van der Waals surface area contributed by atoms with Crippen LogP contribution in [0.1, 0.15) is 28.3 Å². The third kappa shape index (κ3) is 2.53. The zero-order chi connectivity index (χ0) is 17.6. The highest BCUT2D eigenvalue weighted by atomic mass is 16.6. The van der Waals surface area contributed by atoms with Crippen LogP contribution in [0.4, 0.5) is 5.69 Å². The lowest BCUT2D eigenvalue weighted by Crippen LogP contribution is -2.39. The molecule has 0 N–H and O–H groups in total. The summed E-state index contributed by atoms with van der Waals surface area (Å²) < 4.78 is 10.9. The second-order valence-electron chi connectivity index (χ2n) is 6.52. The maximum Gasteiger partial charge on any atom is 0.272 e. The van der Waals surface area contributed by atoms with Crippen LogP contribution in [-0.4, -0.2) is 30.6 Å². The number of fused-ring (bicyclic) bond motifs is 4. The normalized spacial score (nSPS) is 18.7. The van der Waals surface area contributed by atoms with Gasteiger partial charge in [0.05, 0.1) is 19.1 Å². The topological polar surface area (TPSA) is 64.8 Å². The summed E-state index contributed by atoms with van der Waals surface area (Å²) in [4.78, 5) is 13.5. The van der Waals surface area contributed by atoms with Crippen LogP contribution in [0.5, 0.6) is 11.5 Å². The van der Waals surface area contributed by atoms with Crippen LogP contribution in [0.25, 0.3) is 0 Å². The Hall–Kier alpha value is -2.60. The van der Waals surface area contributed by atoms with Gasteiger partial charge in [0.15, 0.2) is 11.5 Å². The molecule has 0 aliphatic carbocycles. The van der Waals surface area contributed by atoms with E-state index in [0.717, 1.165) is 36.4 Å². The SMILES string of the molecule is COc1cc2c(cc1OC)C1Cc3c(cccc3[N+](=O)[O-])CN1CC2. The highest BCUT2D eigenvalue weighted by molar-refractivity contribution is 5.53. The molecule has 0 radical (unpaired) electrons. The molecule has 0 saturated heterocycles. The number of benzene rings is 2. The van der Waals surface area contributed by atoms with E-state index in [-0.39, 0.29) is 16.7 Å². The minimum absolute atomic E-state index is 0.136. The molecule has 2 aliphatic rings. The van der Waals surface area contributed by atoms with E-state index >= 15 is 0 Å². The van der Waals surface area contributed by atoms with Crippen LogP contribution < -0.4 is 9.47 Å². The van der Waals surface area contributed by atoms with Crippen molar-refractivity contribution >= 4 is 5.69 Å². The average molecular weight is 340 g/mol. The summed E-state index contributed by atoms with van der Waals surface area (Å²) in [7, 11) is 3.27. The summed E-state index contributed by atoms with van der Waals surface area (Å²) in [5.41, 5.74) is 4.57. The van der Waals surface area contributed by atoms with Crippen LogP contribution in [0.3, 0.4) is 0 Å². The molecule has 2 aromatic carbocycles. The van der Waals surface area contributed by atoms with Gasteiger partial charge >= 0.3 is 0 Å². The van der Waals surface area contributed by atoms with Crippen molar-refractivity contribution in [2.45, 2.75) is 25.4 Å². The van der Waals surface area contributed by atoms with Gasteiger partial charge in [-0.1, -0.05) is 12.1 Å². The highest BCUT2D eigenvalue weighted by Crippen LogP contribution is 2.43. The quantitative estimate of drug-likeness (QED) is 0.634. The minimum atomic E-state index is -0.271. The lowest BCUT2D eigenvalue weighted by atomic mass is 9.83. The summed E-state index contributed by atoms with van der Waals surface area (Å²) in [6.45, 7) is 1.69. The number of nitro benzene ring substituents is 1. The zero-order valence-electron chi connectivity index (χ0n) is 14.3. The summed E-state index contributed by atoms with van der Waals surface area (Å²) >= 11 is 0. The molecule has 25 heavy (non-hydrogen) atoms. The predicted octanol–water partition coefficient (Wildman–Crippen LogP) is 3.27. The maximum absolute atomic E-state index is 11.4. The van der Waals surface area contributed by atoms with Crippen molar-refractivity contribution in [1.82, 2.24) is 4.90 Å². The van der Waals surface area contributed by atoms with Crippen LogP contribution in [0, 0.1) is 10.1 Å². The molecule has 1 atom stereocenters. The van der Waals surface area contributed by atoms with Gasteiger partial charge < -0.3 is 9.47 Å². The largest absolute Gasteiger partial charge is 0.493 e. The molecule has 0 aromatic heterocycles. The van der Waals surface area contributed by atoms with Crippen molar-refractivity contribution in [3.8, 4) is 11.5 Å². The van der Waals surface area contributed by atoms with Gasteiger partial charge in [-0.05, 0) is 41.7 Å². The van der Waals surface area contributed by atoms with E-state index < -0.39 is 0 Å². The van der Waals surface area contributed by atoms with Crippen LogP contribution in [0.15, 0.2) is 30.3 Å². The Labute approximate surface area is 146 Å². The molecule has 130 valence electrons. The van der Waals surface area contributed by atoms with Crippen molar-refractivity contribution < 1.29 is 14.4 Å². The fourth-order valence-electron chi connectivity index (χ4n) is 4.10. The van der Waals surface area contributed by atoms with Gasteiger partial charge in [-0.2, -0.15) is 0 Å². The fraction of sp³-hybridized carbons (Fsp3) is 0.368. The molecular weight excluding hydrogens is 320 g/mol. The maximum atomic E-state index is 11.4. The number of nitro groups is 1. The Balaban J connectivity index is 1.80. The monoisotopic (exact) mass is 340 g/mol. The highest BCUT2D eigenvalue weighted by Gasteiger charge is 2.35. The summed E-state index contributed by atoms with van der Waals surface area (Å²) in [5, 5.41) is 11.4. The van der Waals surface area contributed by atoms with Crippen molar-refractivity contribution in [3.63, 3.8) is 0 Å². The molecule has 2 aliphatic heterocycles. The molecule has 2 heterocycles. The van der Waals surface area contributed by atoms with E-state index in [2.05, 4.69) is 4.90 Å². The van der Waals surface area contributed by atoms with Crippen LogP contribution >= 0.6 is 0 Å². The summed E-state index contributed by atoms with van der Waals surface area (Å²) in [6.07, 6.45) is 1.59. The van der Waals surface area contributed by atoms with Crippen molar-refractivity contribution in [2.75, 3.05) is 20.8 Å². The Morgan fingerprint density at radius 1 is 1.16 bits per heavy atom. The number of ether oxygens (including phenoxy) is 2. The molecule has 0 bridgehead atoms. The second-order valence-corrected chi connectivity index (χ2v) is 6.52. The van der Waals surface area contributed by atoms with E-state index in [9.17, 15) is 10.1 Å². The van der Waals surface area contributed by atoms with Gasteiger partial charge in [-0.15, -0.1) is 0 Å². The minimum Gasteiger partial charge on any atom is -0.493 e. The summed E-state index contributed by atoms with van der Waals surface area (Å²) in [5.74, 6) is 1.44. The van der Waals surface area contributed by atoms with Gasteiger partial charge in [-0.3, -0.25) is 15.0 Å². The fourth-order valence-corrected chi connectivity index (χ4v) is 4.10. The van der Waals surface area contributed by atoms with Gasteiger partial charge in [0.2, 0.25) is 0 Å². The lowest BCUT2D eigenvalue weighted by Gasteiger charge is -2.41. The average Bonchev–Trinajstić information content (AvgIpc) is 2.64. The Kier molecular flexibility index (Phi) is 3.84. The number of methoxy groups -OCH3 is 2. The zero-order valence-corrected chi connectivity index (χ0v) is 14.3. The first-order valence-electron chi connectivity index (χ1n) is 8.36. The Morgan fingerprint density at radius 2 is 1.92 bits per heavy atom. The third-order valence-electron chi connectivity index (χ3n) is 5.33. The third-order valence-corrected chi connectivity index (χ3v) is 5.33. The van der Waals surface area contributed by atoms with E-state index in [1.165, 1.54) is 11.1 Å². The number of rotatable bonds is 3. The van der Waals surface area contributed by atoms with E-state index in [1.54, 1.807) is 26.4 Å². The van der Waals surface area contributed by atoms with Crippen LogP contribution in [-0.2, 0) is 19.4 Å². The first kappa shape index (κ1) is 15.9. The molecule has 0 fully saturated rings. The van der Waals surface area contributed by atoms with Gasteiger partial charge in [0.1, 0.15) is 0 Å². The van der Waals surface area contributed by atoms with Gasteiger partial charge in [0, 0.05) is 30.8 Å². The molecule has 4 rings (SSSR count). The molecule has 0 amide bonds. The number of hydrogen-bond acceptors (Lipinski definition) is 5. The first-order chi connectivity index (χ1) is 12.1. The predicted molar refractivity (Wildman–Crippen MR) is 93.2 cm³/mol. The van der Waals surface area contributed by atoms with Crippen molar-refractivity contribution in [1.29, 1.82) is 0 Å². The second kappa shape index (κ2) is 6.04. The molecule has 0 spiro atoms. The molecule has 1 unspecified atom stereocenters. The molecule has 6 heteroatoms. The molecule has 6 nitrogen and oxygen atoms in total. The van der Waals surface area contributed by atoms with Crippen molar-refractivity contribution in [2.24, 2.45) is 0 Å². The first-order valence-corrected chi connectivity index (χ1v) is 8.36. The van der Waals surface area contributed by atoms with Crippen molar-refractivity contribution in [3.05, 3.63) is 62.7 Å². The molecule has 2 aromatic rings. The van der Waals surface area contributed by atoms with Gasteiger partial charge in [-0.25, -0.2) is 0 Å². The molecule has 0 saturated carbocycles. The Morgan fingerprint density at radius 3 is 2.64 bits per heavy atom. The van der Waals surface area contributed by atoms with E-state index in [1.807, 2.05) is 18.2 Å². The lowest BCUT2D eigenvalue weighted by molar-refractivity contribution is -0.385. The van der Waals surface area contributed by atoms with E-state index in [4.69, 9.17) is 9.47 Å². The van der Waals surface area contributed by atoms with E-state index in [0.29, 0.717) is 12.2 Å². The standard InChI is InChI=1S/C19H20N2O4/c1-24-18-8-12-6-7-20-11-13-4-3-5-16(21(22)23)14(13)9-17(20)15(12)10-19(18)25-2/h3-5,8,10,17H,6-7,9,11H2,1-2H3. The smallest absolute Gasteiger partial charge is 0.272 e.